The fourth-order valence-electron chi connectivity index (χ4n) is 3.04. The Labute approximate surface area is 123 Å². The van der Waals surface area contributed by atoms with Crippen LogP contribution in [-0.4, -0.2) is 38.5 Å². The molecule has 0 saturated carbocycles. The molecule has 2 saturated heterocycles. The van der Waals surface area contributed by atoms with Crippen LogP contribution < -0.4 is 5.73 Å². The highest BCUT2D eigenvalue weighted by atomic mass is 32.2. The number of hydrogen-bond donors (Lipinski definition) is 1. The van der Waals surface area contributed by atoms with Crippen molar-refractivity contribution in [3.05, 3.63) is 11.8 Å². The Hall–Kier alpha value is -0.130. The standard InChI is InChI=1S/C14H22N2OS2/c1-14(2,3)11-8(9-5-4-6-18-9)7-16-12(17)10(15)13(16)19-11/h7,9-11,13H,4-6,15H2,1-3H3/t9?,10-,11?,13-/m1/s1. The van der Waals surface area contributed by atoms with E-state index in [1.165, 1.54) is 24.2 Å². The van der Waals surface area contributed by atoms with E-state index in [1.54, 1.807) is 0 Å². The van der Waals surface area contributed by atoms with Crippen molar-refractivity contribution >= 4 is 29.4 Å². The molecule has 3 rings (SSSR count). The second kappa shape index (κ2) is 4.71. The highest BCUT2D eigenvalue weighted by molar-refractivity contribution is 8.01. The molecule has 5 heteroatoms. The molecule has 3 heterocycles. The first-order chi connectivity index (χ1) is 8.89. The Kier molecular flexibility index (Phi) is 3.43. The van der Waals surface area contributed by atoms with E-state index in [9.17, 15) is 4.79 Å². The summed E-state index contributed by atoms with van der Waals surface area (Å²) in [5.74, 6) is 1.34. The Bertz CT molecular complexity index is 424. The summed E-state index contributed by atoms with van der Waals surface area (Å²) >= 11 is 3.94. The minimum absolute atomic E-state index is 0.0883. The van der Waals surface area contributed by atoms with Crippen molar-refractivity contribution < 1.29 is 4.79 Å². The number of nitrogens with two attached hydrogens (primary N) is 1. The molecule has 0 radical (unpaired) electrons. The molecule has 106 valence electrons. The van der Waals surface area contributed by atoms with Crippen LogP contribution in [0.25, 0.3) is 0 Å². The maximum atomic E-state index is 11.8. The summed E-state index contributed by atoms with van der Waals surface area (Å²) in [5.41, 5.74) is 7.60. The summed E-state index contributed by atoms with van der Waals surface area (Å²) in [7, 11) is 0. The second-order valence-electron chi connectivity index (χ2n) is 6.67. The van der Waals surface area contributed by atoms with Gasteiger partial charge in [0.2, 0.25) is 5.91 Å². The number of amides is 1. The maximum absolute atomic E-state index is 11.8. The molecule has 3 nitrogen and oxygen atoms in total. The first-order valence-electron chi connectivity index (χ1n) is 6.96. The Morgan fingerprint density at radius 1 is 1.42 bits per heavy atom. The number of carbonyl (C=O) groups is 1. The van der Waals surface area contributed by atoms with Crippen molar-refractivity contribution in [3.8, 4) is 0 Å². The maximum Gasteiger partial charge on any atom is 0.247 e. The largest absolute Gasteiger partial charge is 0.317 e. The van der Waals surface area contributed by atoms with Gasteiger partial charge < -0.3 is 10.6 Å². The number of fused-ring (bicyclic) bond motifs is 1. The van der Waals surface area contributed by atoms with Crippen molar-refractivity contribution in [2.24, 2.45) is 11.1 Å². The molecule has 4 atom stereocenters. The van der Waals surface area contributed by atoms with Gasteiger partial charge in [-0.3, -0.25) is 4.79 Å². The van der Waals surface area contributed by atoms with Crippen LogP contribution in [0, 0.1) is 5.41 Å². The van der Waals surface area contributed by atoms with Gasteiger partial charge in [0.1, 0.15) is 11.4 Å². The molecule has 0 aliphatic carbocycles. The molecule has 3 aliphatic heterocycles. The third-order valence-electron chi connectivity index (χ3n) is 4.08. The molecule has 2 N–H and O–H groups in total. The van der Waals surface area contributed by atoms with Crippen molar-refractivity contribution in [2.75, 3.05) is 5.75 Å². The zero-order chi connectivity index (χ0) is 13.8. The molecule has 19 heavy (non-hydrogen) atoms. The predicted molar refractivity (Wildman–Crippen MR) is 83.0 cm³/mol. The number of rotatable bonds is 1. The fraction of sp³-hybridized carbons (Fsp3) is 0.786. The van der Waals surface area contributed by atoms with Gasteiger partial charge >= 0.3 is 0 Å². The summed E-state index contributed by atoms with van der Waals surface area (Å²) in [6.07, 6.45) is 4.68. The summed E-state index contributed by atoms with van der Waals surface area (Å²) < 4.78 is 0. The number of β-lactam (4-membered cyclic amide) rings is 1. The lowest BCUT2D eigenvalue weighted by Gasteiger charge is -2.51. The molecule has 0 aromatic rings. The summed E-state index contributed by atoms with van der Waals surface area (Å²) in [6, 6.07) is -0.302. The number of nitrogens with zero attached hydrogens (tertiary/aromatic N) is 1. The van der Waals surface area contributed by atoms with Crippen LogP contribution in [0.2, 0.25) is 0 Å². The molecule has 2 fully saturated rings. The van der Waals surface area contributed by atoms with Gasteiger partial charge in [-0.1, -0.05) is 20.8 Å². The first-order valence-corrected chi connectivity index (χ1v) is 8.95. The van der Waals surface area contributed by atoms with Crippen LogP contribution in [0.4, 0.5) is 0 Å². The van der Waals surface area contributed by atoms with Crippen molar-refractivity contribution in [2.45, 2.75) is 55.5 Å². The van der Waals surface area contributed by atoms with Gasteiger partial charge in [0.05, 0.1) is 0 Å². The van der Waals surface area contributed by atoms with Crippen LogP contribution in [0.3, 0.4) is 0 Å². The zero-order valence-corrected chi connectivity index (χ0v) is 13.4. The van der Waals surface area contributed by atoms with Crippen LogP contribution >= 0.6 is 23.5 Å². The van der Waals surface area contributed by atoms with E-state index in [2.05, 4.69) is 27.0 Å². The van der Waals surface area contributed by atoms with E-state index in [4.69, 9.17) is 5.73 Å². The van der Waals surface area contributed by atoms with Gasteiger partial charge in [0.25, 0.3) is 0 Å². The molecule has 1 amide bonds. The topological polar surface area (TPSA) is 46.3 Å². The molecular weight excluding hydrogens is 276 g/mol. The average Bonchev–Trinajstić information content (AvgIpc) is 2.88. The van der Waals surface area contributed by atoms with Crippen LogP contribution in [0.15, 0.2) is 11.8 Å². The molecule has 3 aliphatic rings. The molecular formula is C14H22N2OS2. The minimum atomic E-state index is -0.302. The van der Waals surface area contributed by atoms with Crippen LogP contribution in [-0.2, 0) is 4.79 Å². The molecule has 0 aromatic heterocycles. The molecule has 0 spiro atoms. The predicted octanol–water partition coefficient (Wildman–Crippen LogP) is 2.42. The number of thioether (sulfide) groups is 2. The Morgan fingerprint density at radius 2 is 2.16 bits per heavy atom. The van der Waals surface area contributed by atoms with Crippen LogP contribution in [0.1, 0.15) is 33.6 Å². The van der Waals surface area contributed by atoms with Gasteiger partial charge in [0, 0.05) is 16.7 Å². The Morgan fingerprint density at radius 3 is 2.74 bits per heavy atom. The fourth-order valence-corrected chi connectivity index (χ4v) is 6.12. The van der Waals surface area contributed by atoms with Crippen molar-refractivity contribution in [3.63, 3.8) is 0 Å². The van der Waals surface area contributed by atoms with E-state index in [0.717, 1.165) is 0 Å². The summed E-state index contributed by atoms with van der Waals surface area (Å²) in [4.78, 5) is 13.7. The Balaban J connectivity index is 1.92. The summed E-state index contributed by atoms with van der Waals surface area (Å²) in [5, 5.41) is 1.23. The third-order valence-corrected chi connectivity index (χ3v) is 7.56. The molecule has 0 aromatic carbocycles. The average molecular weight is 298 g/mol. The SMILES string of the molecule is CC(C)(C)C1S[C@@H]2[C@H](N)C(=O)N2C=C1C1CCCS1. The van der Waals surface area contributed by atoms with E-state index in [-0.39, 0.29) is 22.7 Å². The van der Waals surface area contributed by atoms with E-state index < -0.39 is 0 Å². The lowest BCUT2D eigenvalue weighted by atomic mass is 9.85. The monoisotopic (exact) mass is 298 g/mol. The van der Waals surface area contributed by atoms with Gasteiger partial charge in [-0.25, -0.2) is 0 Å². The zero-order valence-electron chi connectivity index (χ0n) is 11.8. The van der Waals surface area contributed by atoms with Gasteiger partial charge in [-0.05, 0) is 29.6 Å². The van der Waals surface area contributed by atoms with Gasteiger partial charge in [0.15, 0.2) is 0 Å². The first kappa shape index (κ1) is 13.8. The van der Waals surface area contributed by atoms with Crippen molar-refractivity contribution in [1.82, 2.24) is 4.90 Å². The second-order valence-corrected chi connectivity index (χ2v) is 9.21. The van der Waals surface area contributed by atoms with E-state index in [1.807, 2.05) is 28.4 Å². The lowest BCUT2D eigenvalue weighted by molar-refractivity contribution is -0.140. The summed E-state index contributed by atoms with van der Waals surface area (Å²) in [6.45, 7) is 6.87. The quantitative estimate of drug-likeness (QED) is 0.755. The number of carbonyl (C=O) groups excluding carboxylic acids is 1. The van der Waals surface area contributed by atoms with Crippen molar-refractivity contribution in [1.29, 1.82) is 0 Å². The van der Waals surface area contributed by atoms with Crippen LogP contribution in [0.5, 0.6) is 0 Å². The smallest absolute Gasteiger partial charge is 0.247 e. The van der Waals surface area contributed by atoms with E-state index in [0.29, 0.717) is 10.5 Å². The lowest BCUT2D eigenvalue weighted by Crippen LogP contribution is -2.67. The highest BCUT2D eigenvalue weighted by Gasteiger charge is 2.51. The highest BCUT2D eigenvalue weighted by Crippen LogP contribution is 2.50. The third kappa shape index (κ3) is 2.24. The van der Waals surface area contributed by atoms with E-state index >= 15 is 0 Å². The van der Waals surface area contributed by atoms with Gasteiger partial charge in [-0.15, -0.1) is 11.8 Å². The molecule has 0 bridgehead atoms. The minimum Gasteiger partial charge on any atom is -0.317 e. The van der Waals surface area contributed by atoms with Gasteiger partial charge in [-0.2, -0.15) is 11.8 Å². The number of hydrogen-bond acceptors (Lipinski definition) is 4. The molecule has 2 unspecified atom stereocenters. The normalized spacial score (nSPS) is 38.8.